The van der Waals surface area contributed by atoms with Gasteiger partial charge in [0.1, 0.15) is 0 Å². The number of amides is 1. The molecule has 1 heterocycles. The minimum Gasteiger partial charge on any atom is -0.325 e. The number of nitrogens with one attached hydrogen (secondary N) is 2. The monoisotopic (exact) mass is 261 g/mol. The van der Waals surface area contributed by atoms with Crippen molar-refractivity contribution in [2.45, 2.75) is 46.1 Å². The van der Waals surface area contributed by atoms with Gasteiger partial charge < -0.3 is 10.2 Å². The van der Waals surface area contributed by atoms with Crippen LogP contribution in [0.4, 0.5) is 5.69 Å². The predicted molar refractivity (Wildman–Crippen MR) is 78.6 cm³/mol. The van der Waals surface area contributed by atoms with Gasteiger partial charge in [0.25, 0.3) is 5.91 Å². The van der Waals surface area contributed by atoms with Gasteiger partial charge in [-0.05, 0) is 25.0 Å². The molecule has 19 heavy (non-hydrogen) atoms. The number of benzene rings is 1. The molecule has 0 aromatic heterocycles. The first kappa shape index (κ1) is 14.1. The van der Waals surface area contributed by atoms with E-state index in [2.05, 4.69) is 12.2 Å². The van der Waals surface area contributed by atoms with E-state index in [1.807, 2.05) is 32.0 Å². The summed E-state index contributed by atoms with van der Waals surface area (Å²) in [6.45, 7) is 8.48. The second-order valence-electron chi connectivity index (χ2n) is 5.58. The average molecular weight is 261 g/mol. The first-order chi connectivity index (χ1) is 9.13. The molecule has 0 saturated carbocycles. The maximum Gasteiger partial charge on any atom is 0.282 e. The molecular weight excluding hydrogens is 236 g/mol. The molecule has 0 radical (unpaired) electrons. The van der Waals surface area contributed by atoms with Crippen molar-refractivity contribution in [3.05, 3.63) is 29.3 Å². The van der Waals surface area contributed by atoms with E-state index in [-0.39, 0.29) is 11.9 Å². The quantitative estimate of drug-likeness (QED) is 0.850. The highest BCUT2D eigenvalue weighted by atomic mass is 16.2. The lowest BCUT2D eigenvalue weighted by molar-refractivity contribution is -0.903. The van der Waals surface area contributed by atoms with Crippen molar-refractivity contribution in [1.29, 1.82) is 0 Å². The zero-order chi connectivity index (χ0) is 13.8. The number of anilines is 1. The zero-order valence-electron chi connectivity index (χ0n) is 12.3. The fourth-order valence-electron chi connectivity index (χ4n) is 3.06. The Morgan fingerprint density at radius 1 is 1.26 bits per heavy atom. The molecule has 1 aliphatic heterocycles. The number of aryl methyl sites for hydroxylation is 2. The number of likely N-dealkylation sites (tertiary alicyclic amines) is 1. The molecule has 104 valence electrons. The Bertz CT molecular complexity index is 430. The van der Waals surface area contributed by atoms with Gasteiger partial charge in [-0.1, -0.05) is 25.1 Å². The van der Waals surface area contributed by atoms with E-state index in [1.54, 1.807) is 0 Å². The molecule has 3 heteroatoms. The van der Waals surface area contributed by atoms with Crippen LogP contribution in [0.5, 0.6) is 0 Å². The fourth-order valence-corrected chi connectivity index (χ4v) is 3.06. The average Bonchev–Trinajstić information content (AvgIpc) is 2.89. The number of para-hydroxylation sites is 1. The van der Waals surface area contributed by atoms with Gasteiger partial charge in [0.05, 0.1) is 13.1 Å². The Morgan fingerprint density at radius 2 is 1.84 bits per heavy atom. The van der Waals surface area contributed by atoms with E-state index in [1.165, 1.54) is 17.7 Å². The number of hydrogen-bond donors (Lipinski definition) is 2. The van der Waals surface area contributed by atoms with Crippen LogP contribution in [-0.4, -0.2) is 25.0 Å². The van der Waals surface area contributed by atoms with Gasteiger partial charge in [-0.2, -0.15) is 0 Å². The lowest BCUT2D eigenvalue weighted by atomic mass is 10.1. The maximum absolute atomic E-state index is 12.5. The molecule has 1 atom stereocenters. The number of hydrogen-bond acceptors (Lipinski definition) is 1. The SMILES string of the molecule is CCC(C(=O)Nc1c(C)cccc1C)[NH+]1CCCC1. The van der Waals surface area contributed by atoms with Gasteiger partial charge in [0.2, 0.25) is 0 Å². The van der Waals surface area contributed by atoms with Crippen LogP contribution in [0.15, 0.2) is 18.2 Å². The van der Waals surface area contributed by atoms with Crippen LogP contribution < -0.4 is 10.2 Å². The van der Waals surface area contributed by atoms with Crippen LogP contribution in [0.2, 0.25) is 0 Å². The highest BCUT2D eigenvalue weighted by Gasteiger charge is 2.30. The standard InChI is InChI=1S/C16H24N2O/c1-4-14(18-10-5-6-11-18)16(19)17-15-12(2)8-7-9-13(15)3/h7-9,14H,4-6,10-11H2,1-3H3,(H,17,19)/p+1. The Hall–Kier alpha value is -1.35. The van der Waals surface area contributed by atoms with Gasteiger partial charge in [-0.15, -0.1) is 0 Å². The van der Waals surface area contributed by atoms with Crippen LogP contribution in [-0.2, 0) is 4.79 Å². The van der Waals surface area contributed by atoms with Gasteiger partial charge in [0, 0.05) is 24.9 Å². The van der Waals surface area contributed by atoms with Gasteiger partial charge in [-0.3, -0.25) is 4.79 Å². The highest BCUT2D eigenvalue weighted by Crippen LogP contribution is 2.19. The number of quaternary nitrogens is 1. The molecule has 0 aliphatic carbocycles. The van der Waals surface area contributed by atoms with Crippen LogP contribution in [0.25, 0.3) is 0 Å². The summed E-state index contributed by atoms with van der Waals surface area (Å²) in [4.78, 5) is 14.0. The van der Waals surface area contributed by atoms with E-state index in [9.17, 15) is 4.79 Å². The number of rotatable bonds is 4. The van der Waals surface area contributed by atoms with Crippen LogP contribution in [0.1, 0.15) is 37.3 Å². The summed E-state index contributed by atoms with van der Waals surface area (Å²) in [5.74, 6) is 0.178. The predicted octanol–water partition coefficient (Wildman–Crippen LogP) is 1.70. The summed E-state index contributed by atoms with van der Waals surface area (Å²) in [5, 5.41) is 3.15. The molecule has 1 fully saturated rings. The third kappa shape index (κ3) is 3.16. The van der Waals surface area contributed by atoms with Crippen LogP contribution in [0.3, 0.4) is 0 Å². The summed E-state index contributed by atoms with van der Waals surface area (Å²) in [6.07, 6.45) is 3.41. The van der Waals surface area contributed by atoms with E-state index >= 15 is 0 Å². The van der Waals surface area contributed by atoms with E-state index in [4.69, 9.17) is 0 Å². The van der Waals surface area contributed by atoms with Gasteiger partial charge in [0.15, 0.2) is 6.04 Å². The molecule has 1 saturated heterocycles. The van der Waals surface area contributed by atoms with Crippen LogP contribution >= 0.6 is 0 Å². The lowest BCUT2D eigenvalue weighted by Gasteiger charge is -2.23. The summed E-state index contributed by atoms with van der Waals surface area (Å²) in [5.41, 5.74) is 3.27. The summed E-state index contributed by atoms with van der Waals surface area (Å²) in [7, 11) is 0. The summed E-state index contributed by atoms with van der Waals surface area (Å²) < 4.78 is 0. The van der Waals surface area contributed by atoms with Crippen molar-refractivity contribution >= 4 is 11.6 Å². The summed E-state index contributed by atoms with van der Waals surface area (Å²) >= 11 is 0. The zero-order valence-corrected chi connectivity index (χ0v) is 12.3. The van der Waals surface area contributed by atoms with E-state index < -0.39 is 0 Å². The molecule has 1 amide bonds. The van der Waals surface area contributed by atoms with Crippen LogP contribution in [0, 0.1) is 13.8 Å². The Kier molecular flexibility index (Phi) is 4.59. The van der Waals surface area contributed by atoms with Crippen molar-refractivity contribution in [1.82, 2.24) is 0 Å². The molecule has 3 nitrogen and oxygen atoms in total. The molecule has 1 aliphatic rings. The number of carbonyl (C=O) groups excluding carboxylic acids is 1. The Labute approximate surface area is 116 Å². The van der Waals surface area contributed by atoms with Crippen molar-refractivity contribution < 1.29 is 9.69 Å². The van der Waals surface area contributed by atoms with Crippen molar-refractivity contribution in [2.24, 2.45) is 0 Å². The molecule has 1 aromatic carbocycles. The van der Waals surface area contributed by atoms with Gasteiger partial charge >= 0.3 is 0 Å². The fraction of sp³-hybridized carbons (Fsp3) is 0.562. The number of carbonyl (C=O) groups is 1. The van der Waals surface area contributed by atoms with E-state index in [0.29, 0.717) is 0 Å². The molecular formula is C16H25N2O+. The third-order valence-corrected chi connectivity index (χ3v) is 4.19. The molecule has 1 aromatic rings. The minimum absolute atomic E-state index is 0.0986. The van der Waals surface area contributed by atoms with E-state index in [0.717, 1.165) is 36.3 Å². The topological polar surface area (TPSA) is 33.5 Å². The molecule has 0 spiro atoms. The third-order valence-electron chi connectivity index (χ3n) is 4.19. The lowest BCUT2D eigenvalue weighted by Crippen LogP contribution is -3.15. The molecule has 2 rings (SSSR count). The summed E-state index contributed by atoms with van der Waals surface area (Å²) in [6, 6.07) is 6.23. The highest BCUT2D eigenvalue weighted by molar-refractivity contribution is 5.95. The second-order valence-corrected chi connectivity index (χ2v) is 5.58. The maximum atomic E-state index is 12.5. The van der Waals surface area contributed by atoms with Gasteiger partial charge in [-0.25, -0.2) is 0 Å². The Morgan fingerprint density at radius 3 is 2.37 bits per heavy atom. The normalized spacial score (nSPS) is 17.4. The van der Waals surface area contributed by atoms with Crippen molar-refractivity contribution in [3.63, 3.8) is 0 Å². The largest absolute Gasteiger partial charge is 0.325 e. The minimum atomic E-state index is 0.0986. The molecule has 0 bridgehead atoms. The first-order valence-electron chi connectivity index (χ1n) is 7.35. The molecule has 1 unspecified atom stereocenters. The Balaban J connectivity index is 2.10. The second kappa shape index (κ2) is 6.20. The first-order valence-corrected chi connectivity index (χ1v) is 7.35. The van der Waals surface area contributed by atoms with Crippen molar-refractivity contribution in [3.8, 4) is 0 Å². The smallest absolute Gasteiger partial charge is 0.282 e. The molecule has 2 N–H and O–H groups in total. The van der Waals surface area contributed by atoms with Crippen molar-refractivity contribution in [2.75, 3.05) is 18.4 Å².